The lowest BCUT2D eigenvalue weighted by atomic mass is 9.89. The molecule has 3 aromatic carbocycles. The van der Waals surface area contributed by atoms with Crippen molar-refractivity contribution in [2.24, 2.45) is 0 Å². The van der Waals surface area contributed by atoms with Gasteiger partial charge in [0.15, 0.2) is 0 Å². The molecule has 0 radical (unpaired) electrons. The minimum atomic E-state index is -0.710. The third-order valence-corrected chi connectivity index (χ3v) is 9.51. The lowest BCUT2D eigenvalue weighted by Gasteiger charge is -2.25. The number of halogens is 2. The zero-order valence-corrected chi connectivity index (χ0v) is 28.2. The number of carbonyl (C=O) groups excluding carboxylic acids is 1. The Bertz CT molecular complexity index is 1740. The summed E-state index contributed by atoms with van der Waals surface area (Å²) in [5, 5.41) is 20.3. The van der Waals surface area contributed by atoms with E-state index >= 15 is 0 Å². The van der Waals surface area contributed by atoms with Crippen LogP contribution in [0.5, 0.6) is 11.5 Å². The summed E-state index contributed by atoms with van der Waals surface area (Å²) in [6.45, 7) is 5.88. The molecule has 1 aliphatic heterocycles. The van der Waals surface area contributed by atoms with Crippen LogP contribution in [-0.4, -0.2) is 53.4 Å². The number of fused-ring (bicyclic) bond motifs is 2. The first-order valence-corrected chi connectivity index (χ1v) is 17.0. The van der Waals surface area contributed by atoms with Gasteiger partial charge in [0, 0.05) is 40.6 Å². The lowest BCUT2D eigenvalue weighted by molar-refractivity contribution is 0.0749. The smallest absolute Gasteiger partial charge is 0.253 e. The van der Waals surface area contributed by atoms with Gasteiger partial charge in [0.1, 0.15) is 34.3 Å². The molecule has 0 bridgehead atoms. The van der Waals surface area contributed by atoms with E-state index in [4.69, 9.17) is 43.5 Å². The number of nitrogens with zero attached hydrogens (tertiary/aromatic N) is 1. The maximum atomic E-state index is 13.6. The van der Waals surface area contributed by atoms with Crippen LogP contribution in [-0.2, 0) is 0 Å². The van der Waals surface area contributed by atoms with Gasteiger partial charge in [-0.05, 0) is 66.1 Å². The molecular weight excluding hydrogens is 619 g/mol. The maximum absolute atomic E-state index is 13.6. The number of nitrogens with one attached hydrogen (secondary N) is 3. The van der Waals surface area contributed by atoms with Gasteiger partial charge in [-0.15, -0.1) is 23.2 Å². The molecule has 1 amide bonds. The summed E-state index contributed by atoms with van der Waals surface area (Å²) in [5.74, 6) is 1.93. The molecular formula is C37H42Cl2N4O3. The molecule has 3 N–H and O–H groups in total. The maximum Gasteiger partial charge on any atom is 0.253 e. The largest absolute Gasteiger partial charge is 0.497 e. The predicted molar refractivity (Wildman–Crippen MR) is 188 cm³/mol. The number of rotatable bonds is 14. The zero-order valence-electron chi connectivity index (χ0n) is 26.7. The van der Waals surface area contributed by atoms with Gasteiger partial charge in [-0.1, -0.05) is 64.2 Å². The first kappa shape index (κ1) is 33.6. The quantitative estimate of drug-likeness (QED) is 0.128. The minimum Gasteiger partial charge on any atom is -0.497 e. The second-order valence-electron chi connectivity index (χ2n) is 11.8. The number of ether oxygens (including phenoxy) is 2. The molecule has 2 atom stereocenters. The van der Waals surface area contributed by atoms with Crippen LogP contribution in [0.25, 0.3) is 23.0 Å². The monoisotopic (exact) mass is 660 g/mol. The van der Waals surface area contributed by atoms with Crippen LogP contribution in [0.3, 0.4) is 0 Å². The van der Waals surface area contributed by atoms with Gasteiger partial charge in [0.25, 0.3) is 5.91 Å². The molecule has 242 valence electrons. The SMILES string of the molecule is CCCCCCN(CCCCC)C(=O)c1ccc(OC2=c3c(-c4cccc(OC)c4)c4c(cc3=CC(Cl)C2Cl)C(=N)NC4=N)cc1. The van der Waals surface area contributed by atoms with E-state index < -0.39 is 10.8 Å². The molecule has 0 saturated carbocycles. The fourth-order valence-electron chi connectivity index (χ4n) is 6.10. The number of amides is 1. The average Bonchev–Trinajstić information content (AvgIpc) is 3.35. The van der Waals surface area contributed by atoms with Crippen molar-refractivity contribution >= 4 is 52.6 Å². The second-order valence-corrected chi connectivity index (χ2v) is 12.8. The Balaban J connectivity index is 1.55. The Morgan fingerprint density at radius 2 is 1.57 bits per heavy atom. The van der Waals surface area contributed by atoms with Crippen LogP contribution in [0.1, 0.15) is 80.3 Å². The number of unbranched alkanes of at least 4 members (excludes halogenated alkanes) is 5. The highest BCUT2D eigenvalue weighted by Gasteiger charge is 2.33. The van der Waals surface area contributed by atoms with Gasteiger partial charge in [-0.25, -0.2) is 0 Å². The summed E-state index contributed by atoms with van der Waals surface area (Å²) < 4.78 is 12.1. The van der Waals surface area contributed by atoms with E-state index in [1.165, 1.54) is 6.42 Å². The van der Waals surface area contributed by atoms with Gasteiger partial charge < -0.3 is 19.7 Å². The number of hydrogen-bond acceptors (Lipinski definition) is 5. The Morgan fingerprint density at radius 3 is 2.26 bits per heavy atom. The number of carbonyl (C=O) groups is 1. The van der Waals surface area contributed by atoms with Crippen LogP contribution >= 0.6 is 23.2 Å². The number of amidine groups is 2. The molecule has 9 heteroatoms. The molecule has 0 saturated heterocycles. The van der Waals surface area contributed by atoms with E-state index in [0.717, 1.165) is 62.4 Å². The van der Waals surface area contributed by atoms with Gasteiger partial charge in [-0.2, -0.15) is 0 Å². The highest BCUT2D eigenvalue weighted by Crippen LogP contribution is 2.32. The van der Waals surface area contributed by atoms with Crippen molar-refractivity contribution in [3.8, 4) is 22.6 Å². The summed E-state index contributed by atoms with van der Waals surface area (Å²) in [5.41, 5.74) is 3.32. The molecule has 1 aliphatic carbocycles. The van der Waals surface area contributed by atoms with Crippen molar-refractivity contribution in [2.45, 2.75) is 69.5 Å². The third-order valence-electron chi connectivity index (χ3n) is 8.53. The van der Waals surface area contributed by atoms with Crippen molar-refractivity contribution in [3.63, 3.8) is 0 Å². The van der Waals surface area contributed by atoms with E-state index in [1.807, 2.05) is 41.3 Å². The number of alkyl halides is 2. The van der Waals surface area contributed by atoms with Crippen LogP contribution < -0.4 is 25.2 Å². The summed E-state index contributed by atoms with van der Waals surface area (Å²) >= 11 is 13.7. The molecule has 3 aromatic rings. The van der Waals surface area contributed by atoms with Crippen molar-refractivity contribution in [3.05, 3.63) is 81.7 Å². The summed E-state index contributed by atoms with van der Waals surface area (Å²) in [7, 11) is 1.61. The van der Waals surface area contributed by atoms with Crippen LogP contribution in [0.4, 0.5) is 0 Å². The number of hydrogen-bond donors (Lipinski definition) is 3. The molecule has 0 fully saturated rings. The van der Waals surface area contributed by atoms with Gasteiger partial charge in [0.2, 0.25) is 0 Å². The van der Waals surface area contributed by atoms with Gasteiger partial charge in [-0.3, -0.25) is 15.6 Å². The zero-order chi connectivity index (χ0) is 32.8. The molecule has 0 aromatic heterocycles. The molecule has 2 unspecified atom stereocenters. The number of methoxy groups -OCH3 is 1. The van der Waals surface area contributed by atoms with Crippen LogP contribution in [0, 0.1) is 10.8 Å². The van der Waals surface area contributed by atoms with Crippen LogP contribution in [0.15, 0.2) is 54.6 Å². The van der Waals surface area contributed by atoms with Crippen molar-refractivity contribution < 1.29 is 14.3 Å². The van der Waals surface area contributed by atoms with Crippen LogP contribution in [0.2, 0.25) is 0 Å². The predicted octanol–water partition coefficient (Wildman–Crippen LogP) is 7.02. The van der Waals surface area contributed by atoms with Gasteiger partial charge in [0.05, 0.1) is 12.5 Å². The normalized spacial score (nSPS) is 16.8. The Labute approximate surface area is 281 Å². The first-order valence-electron chi connectivity index (χ1n) is 16.1. The Morgan fingerprint density at radius 1 is 0.870 bits per heavy atom. The molecule has 7 nitrogen and oxygen atoms in total. The first-order chi connectivity index (χ1) is 22.3. The van der Waals surface area contributed by atoms with Gasteiger partial charge >= 0.3 is 0 Å². The molecule has 1 heterocycles. The second kappa shape index (κ2) is 15.2. The summed E-state index contributed by atoms with van der Waals surface area (Å²) in [4.78, 5) is 15.5. The number of benzene rings is 3. The molecule has 5 rings (SSSR count). The molecule has 0 spiro atoms. The average molecular weight is 662 g/mol. The Hall–Kier alpha value is -3.81. The summed E-state index contributed by atoms with van der Waals surface area (Å²) in [6.07, 6.45) is 9.54. The standard InChI is InChI=1S/C37H42Cl2N4O3/c1-4-6-8-10-19-43(18-9-7-5-2)37(44)23-14-16-26(17-15-23)46-34-31-25(22-29(38)33(34)39)21-28-32(36(41)42-35(28)40)30(31)24-12-11-13-27(20-24)45-3/h11-17,20-22,29,33H,4-10,18-19H2,1-3H3,(H3,40,41,42). The van der Waals surface area contributed by atoms with E-state index in [1.54, 1.807) is 31.4 Å². The van der Waals surface area contributed by atoms with Crippen molar-refractivity contribution in [2.75, 3.05) is 20.2 Å². The molecule has 46 heavy (non-hydrogen) atoms. The van der Waals surface area contributed by atoms with E-state index in [2.05, 4.69) is 19.2 Å². The summed E-state index contributed by atoms with van der Waals surface area (Å²) in [6, 6.07) is 16.6. The minimum absolute atomic E-state index is 0.0322. The fourth-order valence-corrected chi connectivity index (χ4v) is 6.57. The van der Waals surface area contributed by atoms with Crippen molar-refractivity contribution in [1.29, 1.82) is 10.8 Å². The molecule has 2 aliphatic rings. The lowest BCUT2D eigenvalue weighted by Crippen LogP contribution is -2.42. The fraction of sp³-hybridized carbons (Fsp3) is 0.378. The van der Waals surface area contributed by atoms with E-state index in [-0.39, 0.29) is 17.6 Å². The van der Waals surface area contributed by atoms with E-state index in [9.17, 15) is 4.79 Å². The third kappa shape index (κ3) is 7.11. The topological polar surface area (TPSA) is 98.5 Å². The highest BCUT2D eigenvalue weighted by molar-refractivity contribution is 6.35. The Kier molecular flexibility index (Phi) is 11.1. The van der Waals surface area contributed by atoms with Crippen molar-refractivity contribution in [1.82, 2.24) is 10.2 Å². The van der Waals surface area contributed by atoms with E-state index in [0.29, 0.717) is 44.7 Å². The highest BCUT2D eigenvalue weighted by atomic mass is 35.5.